The highest BCUT2D eigenvalue weighted by Gasteiger charge is 2.54. The van der Waals surface area contributed by atoms with Crippen LogP contribution < -0.4 is 5.32 Å². The Bertz CT molecular complexity index is 614. The van der Waals surface area contributed by atoms with Crippen molar-refractivity contribution in [3.8, 4) is 5.75 Å². The van der Waals surface area contributed by atoms with E-state index in [1.54, 1.807) is 0 Å². The zero-order chi connectivity index (χ0) is 16.2. The van der Waals surface area contributed by atoms with Crippen LogP contribution in [0.1, 0.15) is 63.0 Å². The number of benzene rings is 1. The van der Waals surface area contributed by atoms with Gasteiger partial charge in [0.15, 0.2) is 0 Å². The second-order valence-corrected chi connectivity index (χ2v) is 8.15. The number of aliphatic hydroxyl groups is 1. The van der Waals surface area contributed by atoms with E-state index in [1.807, 2.05) is 6.07 Å². The van der Waals surface area contributed by atoms with Crippen molar-refractivity contribution in [3.05, 3.63) is 23.3 Å². The molecule has 23 heavy (non-hydrogen) atoms. The van der Waals surface area contributed by atoms with E-state index in [1.165, 1.54) is 30.4 Å². The molecule has 0 amide bonds. The van der Waals surface area contributed by atoms with Crippen molar-refractivity contribution in [2.75, 3.05) is 11.9 Å². The van der Waals surface area contributed by atoms with E-state index in [2.05, 4.69) is 25.2 Å². The highest BCUT2D eigenvalue weighted by atomic mass is 16.3. The Hall–Kier alpha value is -1.22. The summed E-state index contributed by atoms with van der Waals surface area (Å²) in [5, 5.41) is 24.0. The molecule has 2 fully saturated rings. The summed E-state index contributed by atoms with van der Waals surface area (Å²) in [5.74, 6) is 2.37. The molecule has 3 unspecified atom stereocenters. The summed E-state index contributed by atoms with van der Waals surface area (Å²) in [6.07, 6.45) is 6.66. The standard InChI is InChI=1S/C20H29NO2/c1-3-21-17-11-15-12(10-18(17)22)4-5-14-13(15)8-9-20(2)16(14)6-7-19(20)23/h10-11,13-14,16,19,21-23H,3-9H2,1-2H3/t13?,14?,16?,19-,20-/m0/s1. The van der Waals surface area contributed by atoms with Crippen molar-refractivity contribution in [2.24, 2.45) is 17.3 Å². The highest BCUT2D eigenvalue weighted by molar-refractivity contribution is 5.61. The average Bonchev–Trinajstić information content (AvgIpc) is 2.84. The Kier molecular flexibility index (Phi) is 3.60. The third-order valence-electron chi connectivity index (χ3n) is 7.16. The first kappa shape index (κ1) is 15.3. The fraction of sp³-hybridized carbons (Fsp3) is 0.700. The summed E-state index contributed by atoms with van der Waals surface area (Å²) in [6, 6.07) is 4.19. The molecule has 5 atom stereocenters. The largest absolute Gasteiger partial charge is 0.506 e. The van der Waals surface area contributed by atoms with E-state index < -0.39 is 0 Å². The maximum atomic E-state index is 10.5. The lowest BCUT2D eigenvalue weighted by Crippen LogP contribution is -2.43. The SMILES string of the molecule is CCNc1cc2c(cc1O)CCC1C2CC[C@@]2(C)C1CC[C@@H]2O. The molecular formula is C20H29NO2. The summed E-state index contributed by atoms with van der Waals surface area (Å²) in [6.45, 7) is 5.21. The third kappa shape index (κ3) is 2.20. The van der Waals surface area contributed by atoms with Gasteiger partial charge in [-0.1, -0.05) is 6.92 Å². The molecule has 3 nitrogen and oxygen atoms in total. The molecule has 0 radical (unpaired) electrons. The summed E-state index contributed by atoms with van der Waals surface area (Å²) >= 11 is 0. The molecule has 3 N–H and O–H groups in total. The quantitative estimate of drug-likeness (QED) is 0.722. The maximum Gasteiger partial charge on any atom is 0.138 e. The molecule has 0 aliphatic heterocycles. The first-order valence-corrected chi connectivity index (χ1v) is 9.32. The van der Waals surface area contributed by atoms with E-state index in [4.69, 9.17) is 0 Å². The predicted octanol–water partition coefficient (Wildman–Crippen LogP) is 4.04. The van der Waals surface area contributed by atoms with Crippen LogP contribution >= 0.6 is 0 Å². The summed E-state index contributed by atoms with van der Waals surface area (Å²) in [7, 11) is 0. The lowest BCUT2D eigenvalue weighted by Gasteiger charge is -2.50. The molecule has 2 saturated carbocycles. The Morgan fingerprint density at radius 3 is 2.83 bits per heavy atom. The summed E-state index contributed by atoms with van der Waals surface area (Å²) < 4.78 is 0. The normalized spacial score (nSPS) is 38.6. The van der Waals surface area contributed by atoms with Crippen LogP contribution in [0.15, 0.2) is 12.1 Å². The smallest absolute Gasteiger partial charge is 0.138 e. The molecule has 1 aromatic carbocycles. The molecule has 0 saturated heterocycles. The van der Waals surface area contributed by atoms with E-state index in [0.717, 1.165) is 31.5 Å². The van der Waals surface area contributed by atoms with E-state index >= 15 is 0 Å². The highest BCUT2D eigenvalue weighted by Crippen LogP contribution is 2.61. The number of fused-ring (bicyclic) bond motifs is 5. The Labute approximate surface area is 139 Å². The zero-order valence-corrected chi connectivity index (χ0v) is 14.3. The van der Waals surface area contributed by atoms with Crippen LogP contribution in [-0.2, 0) is 6.42 Å². The molecule has 0 heterocycles. The number of aliphatic hydroxyl groups excluding tert-OH is 1. The number of anilines is 1. The van der Waals surface area contributed by atoms with E-state index in [0.29, 0.717) is 23.5 Å². The molecule has 0 spiro atoms. The van der Waals surface area contributed by atoms with Crippen molar-refractivity contribution < 1.29 is 10.2 Å². The molecule has 3 heteroatoms. The van der Waals surface area contributed by atoms with Gasteiger partial charge in [0.05, 0.1) is 11.8 Å². The summed E-state index contributed by atoms with van der Waals surface area (Å²) in [4.78, 5) is 0. The van der Waals surface area contributed by atoms with Gasteiger partial charge in [-0.3, -0.25) is 0 Å². The minimum absolute atomic E-state index is 0.105. The number of aryl methyl sites for hydroxylation is 1. The predicted molar refractivity (Wildman–Crippen MR) is 92.9 cm³/mol. The average molecular weight is 315 g/mol. The van der Waals surface area contributed by atoms with Crippen LogP contribution in [0, 0.1) is 17.3 Å². The maximum absolute atomic E-state index is 10.5. The van der Waals surface area contributed by atoms with Gasteiger partial charge >= 0.3 is 0 Å². The van der Waals surface area contributed by atoms with Gasteiger partial charge in [-0.25, -0.2) is 0 Å². The van der Waals surface area contributed by atoms with Gasteiger partial charge in [-0.15, -0.1) is 0 Å². The van der Waals surface area contributed by atoms with Crippen LogP contribution in [-0.4, -0.2) is 22.9 Å². The van der Waals surface area contributed by atoms with Gasteiger partial charge in [-0.2, -0.15) is 0 Å². The molecule has 126 valence electrons. The van der Waals surface area contributed by atoms with Crippen molar-refractivity contribution in [1.29, 1.82) is 0 Å². The van der Waals surface area contributed by atoms with Gasteiger partial charge in [0.1, 0.15) is 5.75 Å². The van der Waals surface area contributed by atoms with Gasteiger partial charge in [0.25, 0.3) is 0 Å². The Morgan fingerprint density at radius 1 is 1.22 bits per heavy atom. The van der Waals surface area contributed by atoms with Crippen molar-refractivity contribution in [1.82, 2.24) is 0 Å². The van der Waals surface area contributed by atoms with Crippen molar-refractivity contribution in [3.63, 3.8) is 0 Å². The molecule has 0 bridgehead atoms. The molecule has 4 rings (SSSR count). The minimum atomic E-state index is -0.105. The fourth-order valence-electron chi connectivity index (χ4n) is 5.91. The third-order valence-corrected chi connectivity index (χ3v) is 7.16. The van der Waals surface area contributed by atoms with Crippen molar-refractivity contribution >= 4 is 5.69 Å². The van der Waals surface area contributed by atoms with Gasteiger partial charge < -0.3 is 15.5 Å². The number of aromatic hydroxyl groups is 1. The number of phenols is 1. The van der Waals surface area contributed by atoms with Crippen LogP contribution in [0.4, 0.5) is 5.69 Å². The number of nitrogens with one attached hydrogen (secondary N) is 1. The molecule has 3 aliphatic rings. The van der Waals surface area contributed by atoms with Crippen molar-refractivity contribution in [2.45, 2.75) is 64.4 Å². The van der Waals surface area contributed by atoms with Crippen LogP contribution in [0.25, 0.3) is 0 Å². The molecule has 1 aromatic rings. The minimum Gasteiger partial charge on any atom is -0.506 e. The van der Waals surface area contributed by atoms with Crippen LogP contribution in [0.2, 0.25) is 0 Å². The molecular weight excluding hydrogens is 286 g/mol. The number of phenolic OH excluding ortho intramolecular Hbond substituents is 1. The first-order valence-electron chi connectivity index (χ1n) is 9.32. The second kappa shape index (κ2) is 5.41. The van der Waals surface area contributed by atoms with E-state index in [9.17, 15) is 10.2 Å². The first-order chi connectivity index (χ1) is 11.0. The lowest BCUT2D eigenvalue weighted by molar-refractivity contribution is -0.0226. The van der Waals surface area contributed by atoms with Crippen LogP contribution in [0.5, 0.6) is 5.75 Å². The Balaban J connectivity index is 1.70. The second-order valence-electron chi connectivity index (χ2n) is 8.15. The summed E-state index contributed by atoms with van der Waals surface area (Å²) in [5.41, 5.74) is 3.82. The van der Waals surface area contributed by atoms with E-state index in [-0.39, 0.29) is 11.5 Å². The number of rotatable bonds is 2. The number of hydrogen-bond donors (Lipinski definition) is 3. The monoisotopic (exact) mass is 315 g/mol. The van der Waals surface area contributed by atoms with Gasteiger partial charge in [0, 0.05) is 6.54 Å². The zero-order valence-electron chi connectivity index (χ0n) is 14.3. The van der Waals surface area contributed by atoms with Gasteiger partial charge in [0.2, 0.25) is 0 Å². The van der Waals surface area contributed by atoms with Crippen LogP contribution in [0.3, 0.4) is 0 Å². The molecule has 3 aliphatic carbocycles. The topological polar surface area (TPSA) is 52.5 Å². The fourth-order valence-corrected chi connectivity index (χ4v) is 5.91. The van der Waals surface area contributed by atoms with Gasteiger partial charge in [-0.05, 0) is 91.9 Å². The molecule has 0 aromatic heterocycles. The number of hydrogen-bond acceptors (Lipinski definition) is 3. The Morgan fingerprint density at radius 2 is 2.04 bits per heavy atom. The lowest BCUT2D eigenvalue weighted by atomic mass is 9.55.